The van der Waals surface area contributed by atoms with Crippen LogP contribution in [0.3, 0.4) is 0 Å². The Morgan fingerprint density at radius 1 is 1.14 bits per heavy atom. The zero-order chi connectivity index (χ0) is 20.8. The second-order valence-corrected chi connectivity index (χ2v) is 9.00. The number of nitrogens with one attached hydrogen (secondary N) is 1. The standard InChI is InChI=1S/C20H20F2N4OS2/c1-13(18(27)26(2)12-15-4-3-5-17(22)10-15)28-20-25-24-19(29-20)23-11-14-6-8-16(21)9-7-14/h3-10,13H,11-12H2,1-2H3,(H,23,24). The van der Waals surface area contributed by atoms with Crippen molar-refractivity contribution in [1.82, 2.24) is 15.1 Å². The van der Waals surface area contributed by atoms with Crippen molar-refractivity contribution in [2.75, 3.05) is 12.4 Å². The van der Waals surface area contributed by atoms with Crippen LogP contribution in [0, 0.1) is 11.6 Å². The van der Waals surface area contributed by atoms with Crippen LogP contribution < -0.4 is 5.32 Å². The summed E-state index contributed by atoms with van der Waals surface area (Å²) in [4.78, 5) is 14.2. The second-order valence-electron chi connectivity index (χ2n) is 6.44. The molecule has 1 heterocycles. The van der Waals surface area contributed by atoms with Crippen LogP contribution in [-0.4, -0.2) is 33.3 Å². The minimum Gasteiger partial charge on any atom is -0.356 e. The van der Waals surface area contributed by atoms with Crippen LogP contribution in [0.2, 0.25) is 0 Å². The molecule has 1 N–H and O–H groups in total. The maximum Gasteiger partial charge on any atom is 0.235 e. The highest BCUT2D eigenvalue weighted by molar-refractivity contribution is 8.02. The molecule has 152 valence electrons. The van der Waals surface area contributed by atoms with E-state index in [0.717, 1.165) is 11.1 Å². The zero-order valence-corrected chi connectivity index (χ0v) is 17.6. The van der Waals surface area contributed by atoms with Crippen molar-refractivity contribution < 1.29 is 13.6 Å². The fourth-order valence-electron chi connectivity index (χ4n) is 2.61. The molecule has 1 unspecified atom stereocenters. The smallest absolute Gasteiger partial charge is 0.235 e. The first kappa shape index (κ1) is 21.2. The van der Waals surface area contributed by atoms with E-state index in [1.54, 1.807) is 36.2 Å². The van der Waals surface area contributed by atoms with Crippen molar-refractivity contribution in [2.45, 2.75) is 29.6 Å². The Morgan fingerprint density at radius 3 is 2.62 bits per heavy atom. The molecule has 3 rings (SSSR count). The number of aromatic nitrogens is 2. The number of hydrogen-bond acceptors (Lipinski definition) is 6. The molecule has 29 heavy (non-hydrogen) atoms. The third kappa shape index (κ3) is 6.23. The Bertz CT molecular complexity index is 965. The molecule has 9 heteroatoms. The number of anilines is 1. The Hall–Kier alpha value is -2.52. The van der Waals surface area contributed by atoms with Crippen LogP contribution in [0.4, 0.5) is 13.9 Å². The lowest BCUT2D eigenvalue weighted by atomic mass is 10.2. The lowest BCUT2D eigenvalue weighted by Gasteiger charge is -2.20. The zero-order valence-electron chi connectivity index (χ0n) is 15.9. The van der Waals surface area contributed by atoms with Crippen molar-refractivity contribution in [1.29, 1.82) is 0 Å². The fourth-order valence-corrected chi connectivity index (χ4v) is 4.61. The van der Waals surface area contributed by atoms with Gasteiger partial charge < -0.3 is 10.2 Å². The highest BCUT2D eigenvalue weighted by atomic mass is 32.2. The first-order valence-electron chi connectivity index (χ1n) is 8.88. The van der Waals surface area contributed by atoms with Gasteiger partial charge in [-0.1, -0.05) is 47.4 Å². The van der Waals surface area contributed by atoms with Gasteiger partial charge in [0.1, 0.15) is 11.6 Å². The molecule has 0 spiro atoms. The molecule has 0 aliphatic carbocycles. The van der Waals surface area contributed by atoms with Gasteiger partial charge >= 0.3 is 0 Å². The van der Waals surface area contributed by atoms with Gasteiger partial charge in [0, 0.05) is 20.1 Å². The highest BCUT2D eigenvalue weighted by Crippen LogP contribution is 2.30. The van der Waals surface area contributed by atoms with E-state index in [4.69, 9.17) is 0 Å². The van der Waals surface area contributed by atoms with Crippen molar-refractivity contribution in [3.63, 3.8) is 0 Å². The fraction of sp³-hybridized carbons (Fsp3) is 0.250. The number of nitrogens with zero attached hydrogens (tertiary/aromatic N) is 3. The van der Waals surface area contributed by atoms with E-state index >= 15 is 0 Å². The monoisotopic (exact) mass is 434 g/mol. The molecule has 1 aromatic heterocycles. The molecule has 1 amide bonds. The molecule has 0 bridgehead atoms. The van der Waals surface area contributed by atoms with Gasteiger partial charge in [0.2, 0.25) is 11.0 Å². The molecule has 3 aromatic rings. The number of rotatable bonds is 8. The van der Waals surface area contributed by atoms with E-state index < -0.39 is 0 Å². The number of amides is 1. The summed E-state index contributed by atoms with van der Waals surface area (Å²) >= 11 is 2.68. The molecule has 1 atom stereocenters. The predicted molar refractivity (Wildman–Crippen MR) is 112 cm³/mol. The number of halogens is 2. The number of hydrogen-bond donors (Lipinski definition) is 1. The van der Waals surface area contributed by atoms with Gasteiger partial charge in [0.05, 0.1) is 5.25 Å². The van der Waals surface area contributed by atoms with Crippen LogP contribution in [0.25, 0.3) is 0 Å². The quantitative estimate of drug-likeness (QED) is 0.527. The second kappa shape index (κ2) is 9.80. The number of carbonyl (C=O) groups is 1. The molecule has 5 nitrogen and oxygen atoms in total. The molecular formula is C20H20F2N4OS2. The van der Waals surface area contributed by atoms with Crippen LogP contribution >= 0.6 is 23.1 Å². The van der Waals surface area contributed by atoms with Crippen LogP contribution in [0.1, 0.15) is 18.1 Å². The first-order valence-corrected chi connectivity index (χ1v) is 10.6. The van der Waals surface area contributed by atoms with Crippen LogP contribution in [0.5, 0.6) is 0 Å². The summed E-state index contributed by atoms with van der Waals surface area (Å²) < 4.78 is 26.9. The van der Waals surface area contributed by atoms with Gasteiger partial charge in [-0.15, -0.1) is 10.2 Å². The van der Waals surface area contributed by atoms with Crippen molar-refractivity contribution >= 4 is 34.1 Å². The van der Waals surface area contributed by atoms with Crippen LogP contribution in [-0.2, 0) is 17.9 Å². The van der Waals surface area contributed by atoms with E-state index in [1.807, 2.05) is 6.92 Å². The summed E-state index contributed by atoms with van der Waals surface area (Å²) in [5.74, 6) is -0.667. The largest absolute Gasteiger partial charge is 0.356 e. The summed E-state index contributed by atoms with van der Waals surface area (Å²) in [6.07, 6.45) is 0. The summed E-state index contributed by atoms with van der Waals surface area (Å²) in [5, 5.41) is 11.6. The van der Waals surface area contributed by atoms with Crippen LogP contribution in [0.15, 0.2) is 52.9 Å². The lowest BCUT2D eigenvalue weighted by molar-refractivity contribution is -0.129. The maximum absolute atomic E-state index is 13.3. The molecule has 0 fully saturated rings. The summed E-state index contributed by atoms with van der Waals surface area (Å²) in [6, 6.07) is 12.4. The third-order valence-electron chi connectivity index (χ3n) is 4.07. The number of thioether (sulfide) groups is 1. The normalized spacial score (nSPS) is 11.9. The van der Waals surface area contributed by atoms with Crippen molar-refractivity contribution in [3.05, 3.63) is 71.3 Å². The molecule has 0 saturated heterocycles. The number of carbonyl (C=O) groups excluding carboxylic acids is 1. The van der Waals surface area contributed by atoms with Gasteiger partial charge in [0.25, 0.3) is 0 Å². The highest BCUT2D eigenvalue weighted by Gasteiger charge is 2.21. The van der Waals surface area contributed by atoms with Gasteiger partial charge in [0.15, 0.2) is 4.34 Å². The maximum atomic E-state index is 13.3. The molecule has 0 saturated carbocycles. The average Bonchev–Trinajstić information content (AvgIpc) is 3.14. The lowest BCUT2D eigenvalue weighted by Crippen LogP contribution is -2.32. The predicted octanol–water partition coefficient (Wildman–Crippen LogP) is 4.57. The molecular weight excluding hydrogens is 414 g/mol. The first-order chi connectivity index (χ1) is 13.9. The molecule has 0 aliphatic heterocycles. The van der Waals surface area contributed by atoms with Crippen molar-refractivity contribution in [2.24, 2.45) is 0 Å². The van der Waals surface area contributed by atoms with Gasteiger partial charge in [-0.25, -0.2) is 8.78 Å². The Labute approximate surface area is 176 Å². The number of benzene rings is 2. The van der Waals surface area contributed by atoms with Crippen molar-refractivity contribution in [3.8, 4) is 0 Å². The van der Waals surface area contributed by atoms with E-state index in [9.17, 15) is 13.6 Å². The SMILES string of the molecule is CC(Sc1nnc(NCc2ccc(F)cc2)s1)C(=O)N(C)Cc1cccc(F)c1. The minimum atomic E-state index is -0.355. The molecule has 2 aromatic carbocycles. The van der Waals surface area contributed by atoms with E-state index in [-0.39, 0.29) is 22.8 Å². The summed E-state index contributed by atoms with van der Waals surface area (Å²) in [7, 11) is 1.69. The minimum absolute atomic E-state index is 0.0738. The summed E-state index contributed by atoms with van der Waals surface area (Å²) in [5.41, 5.74) is 1.67. The van der Waals surface area contributed by atoms with E-state index in [2.05, 4.69) is 15.5 Å². The average molecular weight is 435 g/mol. The van der Waals surface area contributed by atoms with Gasteiger partial charge in [-0.3, -0.25) is 4.79 Å². The molecule has 0 aliphatic rings. The van der Waals surface area contributed by atoms with E-state index in [0.29, 0.717) is 22.6 Å². The van der Waals surface area contributed by atoms with Gasteiger partial charge in [-0.05, 0) is 42.3 Å². The Balaban J connectivity index is 1.51. The van der Waals surface area contributed by atoms with Gasteiger partial charge in [-0.2, -0.15) is 0 Å². The van der Waals surface area contributed by atoms with E-state index in [1.165, 1.54) is 47.4 Å². The Morgan fingerprint density at radius 2 is 1.90 bits per heavy atom. The Kier molecular flexibility index (Phi) is 7.16. The molecule has 0 radical (unpaired) electrons. The summed E-state index contributed by atoms with van der Waals surface area (Å²) in [6.45, 7) is 2.65. The topological polar surface area (TPSA) is 58.1 Å². The third-order valence-corrected chi connectivity index (χ3v) is 6.13.